The molecule has 1 saturated heterocycles. The molecule has 1 aromatic carbocycles. The fourth-order valence-corrected chi connectivity index (χ4v) is 3.23. The monoisotopic (exact) mass is 408 g/mol. The summed E-state index contributed by atoms with van der Waals surface area (Å²) in [6, 6.07) is 9.26. The Morgan fingerprint density at radius 1 is 1.14 bits per heavy atom. The van der Waals surface area contributed by atoms with Crippen LogP contribution < -0.4 is 15.0 Å². The highest BCUT2D eigenvalue weighted by Gasteiger charge is 2.31. The summed E-state index contributed by atoms with van der Waals surface area (Å²) in [4.78, 5) is 20.5. The van der Waals surface area contributed by atoms with Crippen LogP contribution in [0.2, 0.25) is 0 Å². The molecule has 1 amide bonds. The fourth-order valence-electron chi connectivity index (χ4n) is 3.23. The highest BCUT2D eigenvalue weighted by atomic mass is 19.4. The molecular formula is C20H23F3N4O2. The number of alkyl halides is 3. The second-order valence-electron chi connectivity index (χ2n) is 6.79. The molecule has 3 rings (SSSR count). The van der Waals surface area contributed by atoms with Crippen LogP contribution in [0.3, 0.4) is 0 Å². The van der Waals surface area contributed by atoms with Crippen molar-refractivity contribution in [2.45, 2.75) is 19.1 Å². The third-order valence-corrected chi connectivity index (χ3v) is 5.01. The molecule has 2 aromatic rings. The Balaban J connectivity index is 1.56. The number of aromatic nitrogens is 1. The Kier molecular flexibility index (Phi) is 6.26. The van der Waals surface area contributed by atoms with E-state index in [2.05, 4.69) is 10.3 Å². The van der Waals surface area contributed by atoms with Crippen molar-refractivity contribution in [3.05, 3.63) is 48.2 Å². The number of halogens is 3. The quantitative estimate of drug-likeness (QED) is 0.823. The van der Waals surface area contributed by atoms with Crippen LogP contribution in [0.4, 0.5) is 24.7 Å². The Morgan fingerprint density at radius 3 is 2.41 bits per heavy atom. The van der Waals surface area contributed by atoms with E-state index in [0.29, 0.717) is 43.4 Å². The van der Waals surface area contributed by atoms with Crippen LogP contribution in [0, 0.1) is 0 Å². The van der Waals surface area contributed by atoms with E-state index in [-0.39, 0.29) is 11.9 Å². The van der Waals surface area contributed by atoms with Gasteiger partial charge in [0, 0.05) is 32.4 Å². The number of pyridine rings is 1. The molecule has 1 atom stereocenters. The third kappa shape index (κ3) is 4.97. The zero-order chi connectivity index (χ0) is 21.0. The first-order valence-electron chi connectivity index (χ1n) is 9.25. The highest BCUT2D eigenvalue weighted by molar-refractivity contribution is 5.95. The molecule has 0 radical (unpaired) electrons. The fraction of sp³-hybridized carbons (Fsp3) is 0.400. The van der Waals surface area contributed by atoms with Crippen molar-refractivity contribution in [2.75, 3.05) is 43.5 Å². The van der Waals surface area contributed by atoms with Crippen molar-refractivity contribution in [1.82, 2.24) is 9.88 Å². The first-order chi connectivity index (χ1) is 13.8. The number of piperazine rings is 1. The summed E-state index contributed by atoms with van der Waals surface area (Å²) in [5, 5.41) is 2.88. The average Bonchev–Trinajstić information content (AvgIpc) is 2.73. The number of ether oxygens (including phenoxy) is 1. The van der Waals surface area contributed by atoms with Gasteiger partial charge in [-0.3, -0.25) is 9.69 Å². The Hall–Kier alpha value is -2.81. The molecule has 1 aromatic heterocycles. The molecule has 0 saturated carbocycles. The van der Waals surface area contributed by atoms with E-state index < -0.39 is 11.7 Å². The van der Waals surface area contributed by atoms with Gasteiger partial charge in [-0.15, -0.1) is 0 Å². The maximum atomic E-state index is 12.7. The number of nitrogens with zero attached hydrogens (tertiary/aromatic N) is 3. The van der Waals surface area contributed by atoms with Gasteiger partial charge in [-0.25, -0.2) is 4.98 Å². The number of rotatable bonds is 5. The zero-order valence-corrected chi connectivity index (χ0v) is 16.2. The molecule has 0 bridgehead atoms. The van der Waals surface area contributed by atoms with Gasteiger partial charge in [0.15, 0.2) is 0 Å². The van der Waals surface area contributed by atoms with E-state index in [1.54, 1.807) is 19.2 Å². The minimum atomic E-state index is -4.39. The number of methoxy groups -OCH3 is 1. The normalized spacial score (nSPS) is 16.4. The van der Waals surface area contributed by atoms with E-state index in [4.69, 9.17) is 4.74 Å². The standard InChI is InChI=1S/C20H23F3N4O2/c1-14(19(28)25-16-5-3-4-6-17(16)29-2)26-9-11-27(12-10-26)18-8-7-15(13-24-18)20(21,22)23/h3-8,13-14H,9-12H2,1-2H3,(H,25,28)/t14-/m0/s1. The van der Waals surface area contributed by atoms with Crippen LogP contribution >= 0.6 is 0 Å². The maximum absolute atomic E-state index is 12.7. The lowest BCUT2D eigenvalue weighted by molar-refractivity contribution is -0.137. The first-order valence-corrected chi connectivity index (χ1v) is 9.25. The number of amides is 1. The molecule has 29 heavy (non-hydrogen) atoms. The summed E-state index contributed by atoms with van der Waals surface area (Å²) in [5.74, 6) is 0.950. The zero-order valence-electron chi connectivity index (χ0n) is 16.2. The summed E-state index contributed by atoms with van der Waals surface area (Å²) in [6.45, 7) is 4.18. The molecule has 1 N–H and O–H groups in total. The largest absolute Gasteiger partial charge is 0.495 e. The van der Waals surface area contributed by atoms with Crippen molar-refractivity contribution in [3.63, 3.8) is 0 Å². The van der Waals surface area contributed by atoms with Crippen molar-refractivity contribution in [1.29, 1.82) is 0 Å². The lowest BCUT2D eigenvalue weighted by atomic mass is 10.2. The highest BCUT2D eigenvalue weighted by Crippen LogP contribution is 2.29. The van der Waals surface area contributed by atoms with E-state index in [9.17, 15) is 18.0 Å². The molecule has 1 aliphatic heterocycles. The lowest BCUT2D eigenvalue weighted by Gasteiger charge is -2.38. The molecule has 6 nitrogen and oxygen atoms in total. The predicted molar refractivity (Wildman–Crippen MR) is 104 cm³/mol. The number of anilines is 2. The average molecular weight is 408 g/mol. The van der Waals surface area contributed by atoms with Crippen molar-refractivity contribution in [3.8, 4) is 5.75 Å². The minimum absolute atomic E-state index is 0.143. The maximum Gasteiger partial charge on any atom is 0.417 e. The van der Waals surface area contributed by atoms with Gasteiger partial charge in [-0.1, -0.05) is 12.1 Å². The molecule has 0 unspecified atom stereocenters. The van der Waals surface area contributed by atoms with Gasteiger partial charge < -0.3 is 15.0 Å². The number of hydrogen-bond acceptors (Lipinski definition) is 5. The molecule has 1 aliphatic rings. The molecule has 156 valence electrons. The van der Waals surface area contributed by atoms with Gasteiger partial charge in [0.25, 0.3) is 0 Å². The Labute approximate surface area is 167 Å². The van der Waals surface area contributed by atoms with E-state index >= 15 is 0 Å². The second-order valence-corrected chi connectivity index (χ2v) is 6.79. The van der Waals surface area contributed by atoms with Gasteiger partial charge in [-0.2, -0.15) is 13.2 Å². The minimum Gasteiger partial charge on any atom is -0.495 e. The van der Waals surface area contributed by atoms with Crippen molar-refractivity contribution >= 4 is 17.4 Å². The van der Waals surface area contributed by atoms with Gasteiger partial charge >= 0.3 is 6.18 Å². The molecule has 0 spiro atoms. The summed E-state index contributed by atoms with van der Waals surface area (Å²) in [5.41, 5.74) is -0.152. The molecule has 0 aliphatic carbocycles. The van der Waals surface area contributed by atoms with Crippen LogP contribution in [-0.2, 0) is 11.0 Å². The lowest BCUT2D eigenvalue weighted by Crippen LogP contribution is -2.53. The summed E-state index contributed by atoms with van der Waals surface area (Å²) in [6.07, 6.45) is -3.54. The summed E-state index contributed by atoms with van der Waals surface area (Å²) in [7, 11) is 1.54. The Bertz CT molecular complexity index is 834. The number of benzene rings is 1. The van der Waals surface area contributed by atoms with Gasteiger partial charge in [0.2, 0.25) is 5.91 Å². The van der Waals surface area contributed by atoms with Gasteiger partial charge in [-0.05, 0) is 31.2 Å². The number of carbonyl (C=O) groups excluding carboxylic acids is 1. The predicted octanol–water partition coefficient (Wildman–Crippen LogP) is 3.26. The van der Waals surface area contributed by atoms with Crippen molar-refractivity contribution < 1.29 is 22.7 Å². The van der Waals surface area contributed by atoms with Gasteiger partial charge in [0.05, 0.1) is 24.4 Å². The van der Waals surface area contributed by atoms with Crippen molar-refractivity contribution in [2.24, 2.45) is 0 Å². The number of para-hydroxylation sites is 2. The number of carbonyl (C=O) groups is 1. The third-order valence-electron chi connectivity index (χ3n) is 5.01. The topological polar surface area (TPSA) is 57.7 Å². The summed E-state index contributed by atoms with van der Waals surface area (Å²) < 4.78 is 43.3. The molecular weight excluding hydrogens is 385 g/mol. The van der Waals surface area contributed by atoms with Crippen LogP contribution in [0.1, 0.15) is 12.5 Å². The number of nitrogens with one attached hydrogen (secondary N) is 1. The van der Waals surface area contributed by atoms with E-state index in [1.165, 1.54) is 6.07 Å². The SMILES string of the molecule is COc1ccccc1NC(=O)[C@H](C)N1CCN(c2ccc(C(F)(F)F)cn2)CC1. The molecule has 1 fully saturated rings. The smallest absolute Gasteiger partial charge is 0.417 e. The van der Waals surface area contributed by atoms with Gasteiger partial charge in [0.1, 0.15) is 11.6 Å². The molecule has 9 heteroatoms. The number of hydrogen-bond donors (Lipinski definition) is 1. The first kappa shape index (κ1) is 20.9. The van der Waals surface area contributed by atoms with E-state index in [1.807, 2.05) is 28.9 Å². The van der Waals surface area contributed by atoms with Crippen LogP contribution in [-0.4, -0.2) is 55.1 Å². The van der Waals surface area contributed by atoms with Crippen LogP contribution in [0.25, 0.3) is 0 Å². The summed E-state index contributed by atoms with van der Waals surface area (Å²) >= 11 is 0. The molecule has 2 heterocycles. The van der Waals surface area contributed by atoms with Crippen LogP contribution in [0.5, 0.6) is 5.75 Å². The Morgan fingerprint density at radius 2 is 1.83 bits per heavy atom. The van der Waals surface area contributed by atoms with E-state index in [0.717, 1.165) is 12.3 Å². The second kappa shape index (κ2) is 8.69. The van der Waals surface area contributed by atoms with Crippen LogP contribution in [0.15, 0.2) is 42.6 Å².